The summed E-state index contributed by atoms with van der Waals surface area (Å²) in [5.41, 5.74) is 1.75. The number of hydrogen-bond acceptors (Lipinski definition) is 3. The van der Waals surface area contributed by atoms with Crippen molar-refractivity contribution in [1.82, 2.24) is 15.1 Å². The van der Waals surface area contributed by atoms with Crippen LogP contribution in [0.2, 0.25) is 0 Å². The maximum Gasteiger partial charge on any atom is 0.282 e. The van der Waals surface area contributed by atoms with Crippen LogP contribution in [0.1, 0.15) is 5.56 Å². The van der Waals surface area contributed by atoms with Crippen molar-refractivity contribution < 1.29 is 13.9 Å². The summed E-state index contributed by atoms with van der Waals surface area (Å²) in [4.78, 5) is 0. The average molecular weight is 267 g/mol. The number of aliphatic hydroxyl groups excluding tert-OH is 1. The van der Waals surface area contributed by atoms with Gasteiger partial charge in [-0.1, -0.05) is 12.1 Å². The largest absolute Gasteiger partial charge is 0.390 e. The van der Waals surface area contributed by atoms with E-state index >= 15 is 0 Å². The molecule has 0 aliphatic carbocycles. The zero-order valence-corrected chi connectivity index (χ0v) is 10.3. The molecule has 2 aromatic rings. The molecule has 0 aliphatic rings. The second-order valence-corrected chi connectivity index (χ2v) is 4.24. The first-order valence-corrected chi connectivity index (χ1v) is 5.89. The summed E-state index contributed by atoms with van der Waals surface area (Å²) in [5, 5.41) is 15.2. The minimum absolute atomic E-state index is 0.310. The molecular weight excluding hydrogens is 252 g/mol. The molecule has 0 bridgehead atoms. The van der Waals surface area contributed by atoms with Crippen molar-refractivity contribution in [3.63, 3.8) is 0 Å². The molecule has 0 amide bonds. The average Bonchev–Trinajstić information content (AvgIpc) is 2.93. The van der Waals surface area contributed by atoms with Crippen LogP contribution in [0.3, 0.4) is 0 Å². The van der Waals surface area contributed by atoms with Crippen molar-refractivity contribution in [3.8, 4) is 5.69 Å². The molecule has 2 N–H and O–H groups in total. The van der Waals surface area contributed by atoms with Gasteiger partial charge in [0.15, 0.2) is 0 Å². The van der Waals surface area contributed by atoms with Crippen LogP contribution in [-0.2, 0) is 6.54 Å². The normalized spacial score (nSPS) is 11.7. The molecule has 0 unspecified atom stereocenters. The Kier molecular flexibility index (Phi) is 4.24. The van der Waals surface area contributed by atoms with Crippen molar-refractivity contribution in [3.05, 3.63) is 48.3 Å². The molecule has 102 valence electrons. The second kappa shape index (κ2) is 5.90. The summed E-state index contributed by atoms with van der Waals surface area (Å²) in [6, 6.07) is 9.26. The van der Waals surface area contributed by atoms with Crippen LogP contribution in [0.4, 0.5) is 8.78 Å². The summed E-state index contributed by atoms with van der Waals surface area (Å²) >= 11 is 0. The van der Waals surface area contributed by atoms with Crippen LogP contribution in [0.25, 0.3) is 5.69 Å². The van der Waals surface area contributed by atoms with Crippen molar-refractivity contribution >= 4 is 0 Å². The third kappa shape index (κ3) is 3.84. The molecular formula is C13H15F2N3O. The number of rotatable bonds is 6. The third-order valence-electron chi connectivity index (χ3n) is 2.62. The molecule has 0 spiro atoms. The van der Waals surface area contributed by atoms with Crippen molar-refractivity contribution in [2.75, 3.05) is 13.2 Å². The summed E-state index contributed by atoms with van der Waals surface area (Å²) < 4.78 is 27.4. The van der Waals surface area contributed by atoms with Gasteiger partial charge in [0, 0.05) is 18.9 Å². The zero-order valence-electron chi connectivity index (χ0n) is 10.3. The van der Waals surface area contributed by atoms with Gasteiger partial charge in [-0.2, -0.15) is 5.10 Å². The number of aliphatic hydroxyl groups is 1. The van der Waals surface area contributed by atoms with E-state index in [1.165, 1.54) is 0 Å². The first kappa shape index (κ1) is 13.6. The van der Waals surface area contributed by atoms with Crippen LogP contribution >= 0.6 is 0 Å². The van der Waals surface area contributed by atoms with E-state index < -0.39 is 19.1 Å². The maximum atomic E-state index is 12.8. The summed E-state index contributed by atoms with van der Waals surface area (Å²) in [6.45, 7) is -1.38. The fraction of sp³-hybridized carbons (Fsp3) is 0.308. The van der Waals surface area contributed by atoms with Gasteiger partial charge in [0.05, 0.1) is 12.2 Å². The molecule has 0 atom stereocenters. The van der Waals surface area contributed by atoms with Gasteiger partial charge in [0.2, 0.25) is 0 Å². The van der Waals surface area contributed by atoms with E-state index in [0.717, 1.165) is 11.3 Å². The van der Waals surface area contributed by atoms with E-state index in [2.05, 4.69) is 10.4 Å². The lowest BCUT2D eigenvalue weighted by atomic mass is 10.2. The standard InChI is InChI=1S/C13H15F2N3O/c14-13(15,10-19)9-16-8-11-3-1-4-12(7-11)18-6-2-5-17-18/h1-7,16,19H,8-10H2. The number of nitrogens with one attached hydrogen (secondary N) is 1. The minimum atomic E-state index is -3.08. The van der Waals surface area contributed by atoms with E-state index in [1.54, 1.807) is 10.9 Å². The second-order valence-electron chi connectivity index (χ2n) is 4.24. The lowest BCUT2D eigenvalue weighted by Gasteiger charge is -2.14. The minimum Gasteiger partial charge on any atom is -0.390 e. The molecule has 1 aromatic carbocycles. The molecule has 6 heteroatoms. The molecule has 0 radical (unpaired) electrons. The number of halogens is 2. The van der Waals surface area contributed by atoms with Crippen LogP contribution in [0.5, 0.6) is 0 Å². The summed E-state index contributed by atoms with van der Waals surface area (Å²) in [6.07, 6.45) is 3.49. The Morgan fingerprint density at radius 3 is 2.84 bits per heavy atom. The first-order valence-electron chi connectivity index (χ1n) is 5.89. The van der Waals surface area contributed by atoms with Crippen LogP contribution in [0, 0.1) is 0 Å². The number of aromatic nitrogens is 2. The van der Waals surface area contributed by atoms with Crippen molar-refractivity contribution in [1.29, 1.82) is 0 Å². The lowest BCUT2D eigenvalue weighted by molar-refractivity contribution is -0.0477. The van der Waals surface area contributed by atoms with E-state index in [-0.39, 0.29) is 0 Å². The van der Waals surface area contributed by atoms with Crippen molar-refractivity contribution in [2.45, 2.75) is 12.5 Å². The Morgan fingerprint density at radius 2 is 2.16 bits per heavy atom. The fourth-order valence-corrected chi connectivity index (χ4v) is 1.68. The van der Waals surface area contributed by atoms with Gasteiger partial charge in [-0.3, -0.25) is 0 Å². The van der Waals surface area contributed by atoms with Gasteiger partial charge >= 0.3 is 0 Å². The molecule has 0 fully saturated rings. The maximum absolute atomic E-state index is 12.8. The predicted octanol–water partition coefficient (Wildman–Crippen LogP) is 1.59. The fourth-order valence-electron chi connectivity index (χ4n) is 1.68. The Bertz CT molecular complexity index is 514. The molecule has 19 heavy (non-hydrogen) atoms. The number of nitrogens with zero attached hydrogens (tertiary/aromatic N) is 2. The first-order chi connectivity index (χ1) is 9.11. The van der Waals surface area contributed by atoms with E-state index in [1.807, 2.05) is 36.5 Å². The number of benzene rings is 1. The Labute approximate surface area is 109 Å². The molecule has 2 rings (SSSR count). The van der Waals surface area contributed by atoms with Gasteiger partial charge in [-0.05, 0) is 23.8 Å². The highest BCUT2D eigenvalue weighted by atomic mass is 19.3. The van der Waals surface area contributed by atoms with Gasteiger partial charge in [0.25, 0.3) is 5.92 Å². The Morgan fingerprint density at radius 1 is 1.32 bits per heavy atom. The smallest absolute Gasteiger partial charge is 0.282 e. The predicted molar refractivity (Wildman–Crippen MR) is 67.3 cm³/mol. The highest BCUT2D eigenvalue weighted by molar-refractivity contribution is 5.34. The monoisotopic (exact) mass is 267 g/mol. The zero-order chi connectivity index (χ0) is 13.7. The van der Waals surface area contributed by atoms with Gasteiger partial charge in [-0.25, -0.2) is 13.5 Å². The Balaban J connectivity index is 1.97. The molecule has 0 saturated carbocycles. The Hall–Kier alpha value is -1.79. The topological polar surface area (TPSA) is 50.1 Å². The van der Waals surface area contributed by atoms with Crippen LogP contribution < -0.4 is 5.32 Å². The van der Waals surface area contributed by atoms with Crippen LogP contribution in [0.15, 0.2) is 42.7 Å². The highest BCUT2D eigenvalue weighted by Gasteiger charge is 2.26. The highest BCUT2D eigenvalue weighted by Crippen LogP contribution is 2.12. The van der Waals surface area contributed by atoms with E-state index in [4.69, 9.17) is 5.11 Å². The summed E-state index contributed by atoms with van der Waals surface area (Å²) in [5.74, 6) is -3.08. The SMILES string of the molecule is OCC(F)(F)CNCc1cccc(-n2cccn2)c1. The summed E-state index contributed by atoms with van der Waals surface area (Å²) in [7, 11) is 0. The van der Waals surface area contributed by atoms with Crippen molar-refractivity contribution in [2.24, 2.45) is 0 Å². The molecule has 1 heterocycles. The van der Waals surface area contributed by atoms with E-state index in [9.17, 15) is 8.78 Å². The van der Waals surface area contributed by atoms with Crippen LogP contribution in [-0.4, -0.2) is 34.0 Å². The quantitative estimate of drug-likeness (QED) is 0.835. The molecule has 4 nitrogen and oxygen atoms in total. The molecule has 0 aliphatic heterocycles. The molecule has 0 saturated heterocycles. The third-order valence-corrected chi connectivity index (χ3v) is 2.62. The van der Waals surface area contributed by atoms with E-state index in [0.29, 0.717) is 6.54 Å². The van der Waals surface area contributed by atoms with Gasteiger partial charge in [-0.15, -0.1) is 0 Å². The number of hydrogen-bond donors (Lipinski definition) is 2. The molecule has 1 aromatic heterocycles. The van der Waals surface area contributed by atoms with Gasteiger partial charge < -0.3 is 10.4 Å². The lowest BCUT2D eigenvalue weighted by Crippen LogP contribution is -2.35. The number of alkyl halides is 2. The van der Waals surface area contributed by atoms with Gasteiger partial charge in [0.1, 0.15) is 6.61 Å².